The van der Waals surface area contributed by atoms with Gasteiger partial charge >= 0.3 is 0 Å². The number of piperidine rings is 2. The summed E-state index contributed by atoms with van der Waals surface area (Å²) in [5.74, 6) is 0.0597. The third kappa shape index (κ3) is 5.86. The van der Waals surface area contributed by atoms with E-state index in [-0.39, 0.29) is 21.9 Å². The van der Waals surface area contributed by atoms with E-state index in [1.54, 1.807) is 4.90 Å². The van der Waals surface area contributed by atoms with Crippen molar-refractivity contribution >= 4 is 27.0 Å². The molecular formula is C38H44FN5O3S. The van der Waals surface area contributed by atoms with Crippen LogP contribution in [-0.2, 0) is 15.4 Å². The van der Waals surface area contributed by atoms with Gasteiger partial charge < -0.3 is 9.47 Å². The van der Waals surface area contributed by atoms with E-state index < -0.39 is 21.7 Å². The Bertz CT molecular complexity index is 1920. The lowest BCUT2D eigenvalue weighted by Crippen LogP contribution is -2.49. The zero-order valence-corrected chi connectivity index (χ0v) is 28.3. The molecule has 8 rings (SSSR count). The zero-order chi connectivity index (χ0) is 33.0. The number of para-hydroxylation sites is 2. The van der Waals surface area contributed by atoms with Crippen LogP contribution >= 0.6 is 0 Å². The predicted molar refractivity (Wildman–Crippen MR) is 184 cm³/mol. The van der Waals surface area contributed by atoms with Gasteiger partial charge in [0.05, 0.1) is 21.5 Å². The van der Waals surface area contributed by atoms with Crippen LogP contribution in [0.1, 0.15) is 85.6 Å². The minimum absolute atomic E-state index is 0.0873. The molecule has 4 fully saturated rings. The van der Waals surface area contributed by atoms with E-state index in [1.807, 2.05) is 6.07 Å². The highest BCUT2D eigenvalue weighted by atomic mass is 32.2. The number of amides is 1. The van der Waals surface area contributed by atoms with Gasteiger partial charge in [-0.05, 0) is 113 Å². The SMILES string of the molecule is Cc1nc2ccccc2n1C1CC2CCC(C1)N2CCC1(c2ccccc2)CCN(C(=O)c2cc(F)ccc2S(=O)(=O)NC2CC2)CC1. The van der Waals surface area contributed by atoms with Crippen molar-refractivity contribution < 1.29 is 17.6 Å². The molecule has 8 nitrogen and oxygen atoms in total. The second kappa shape index (κ2) is 12.4. The van der Waals surface area contributed by atoms with Crippen LogP contribution in [0.15, 0.2) is 77.7 Å². The van der Waals surface area contributed by atoms with Crippen molar-refractivity contribution in [3.63, 3.8) is 0 Å². The van der Waals surface area contributed by atoms with E-state index in [2.05, 4.69) is 69.6 Å². The average Bonchev–Trinajstić information content (AvgIpc) is 3.78. The lowest BCUT2D eigenvalue weighted by molar-refractivity contribution is 0.0603. The first kappa shape index (κ1) is 31.7. The van der Waals surface area contributed by atoms with Crippen molar-refractivity contribution in [2.75, 3.05) is 19.6 Å². The maximum atomic E-state index is 14.4. The Morgan fingerprint density at radius 3 is 2.31 bits per heavy atom. The maximum Gasteiger partial charge on any atom is 0.255 e. The molecule has 0 spiro atoms. The van der Waals surface area contributed by atoms with E-state index in [0.717, 1.165) is 75.0 Å². The van der Waals surface area contributed by atoms with Crippen LogP contribution in [0, 0.1) is 12.7 Å². The Morgan fingerprint density at radius 2 is 1.60 bits per heavy atom. The van der Waals surface area contributed by atoms with E-state index in [0.29, 0.717) is 31.2 Å². The summed E-state index contributed by atoms with van der Waals surface area (Å²) in [7, 11) is -3.93. The first-order valence-corrected chi connectivity index (χ1v) is 19.1. The average molecular weight is 670 g/mol. The molecule has 1 aliphatic carbocycles. The standard InChI is InChI=1S/C38H44FN5O3S/c1-26-40-34-9-5-6-10-35(34)44(26)32-24-30-14-15-31(25-32)43(30)22-19-38(27-7-3-2-4-8-27)17-20-42(21-18-38)37(45)33-23-28(39)11-16-36(33)48(46,47)41-29-12-13-29/h2-11,16,23,29-32,41H,12-15,17-22,24-25H2,1H3. The molecule has 10 heteroatoms. The molecule has 3 aliphatic heterocycles. The van der Waals surface area contributed by atoms with Crippen LogP contribution in [0.2, 0.25) is 0 Å². The van der Waals surface area contributed by atoms with Gasteiger partial charge in [0.1, 0.15) is 11.6 Å². The Labute approximate surface area is 282 Å². The Balaban J connectivity index is 0.986. The molecule has 252 valence electrons. The Hall–Kier alpha value is -3.60. The monoisotopic (exact) mass is 669 g/mol. The smallest absolute Gasteiger partial charge is 0.255 e. The summed E-state index contributed by atoms with van der Waals surface area (Å²) < 4.78 is 45.8. The van der Waals surface area contributed by atoms with Gasteiger partial charge in [-0.25, -0.2) is 22.5 Å². The second-order valence-corrected chi connectivity index (χ2v) is 16.2. The van der Waals surface area contributed by atoms with Gasteiger partial charge in [0.25, 0.3) is 5.91 Å². The topological polar surface area (TPSA) is 87.5 Å². The molecule has 1 saturated carbocycles. The molecule has 1 amide bonds. The molecule has 2 bridgehead atoms. The van der Waals surface area contributed by atoms with Crippen LogP contribution in [0.4, 0.5) is 4.39 Å². The number of aromatic nitrogens is 2. The van der Waals surface area contributed by atoms with Gasteiger partial charge in [0, 0.05) is 37.3 Å². The molecule has 4 aromatic rings. The third-order valence-corrected chi connectivity index (χ3v) is 13.2. The number of benzene rings is 3. The quantitative estimate of drug-likeness (QED) is 0.224. The van der Waals surface area contributed by atoms with Crippen molar-refractivity contribution in [1.29, 1.82) is 0 Å². The number of halogens is 1. The molecule has 2 unspecified atom stereocenters. The van der Waals surface area contributed by atoms with Gasteiger partial charge in [-0.3, -0.25) is 9.69 Å². The van der Waals surface area contributed by atoms with Crippen molar-refractivity contribution in [2.45, 2.75) is 99.2 Å². The van der Waals surface area contributed by atoms with E-state index in [1.165, 1.54) is 30.0 Å². The molecule has 4 heterocycles. The number of hydrogen-bond donors (Lipinski definition) is 1. The Morgan fingerprint density at radius 1 is 0.917 bits per heavy atom. The fourth-order valence-electron chi connectivity index (χ4n) is 8.96. The lowest BCUT2D eigenvalue weighted by atomic mass is 9.70. The third-order valence-electron chi connectivity index (χ3n) is 11.6. The molecule has 4 aliphatic rings. The molecule has 1 N–H and O–H groups in total. The molecule has 3 saturated heterocycles. The van der Waals surface area contributed by atoms with Crippen LogP contribution < -0.4 is 4.72 Å². The number of hydrogen-bond acceptors (Lipinski definition) is 5. The summed E-state index contributed by atoms with van der Waals surface area (Å²) in [6.45, 7) is 4.12. The summed E-state index contributed by atoms with van der Waals surface area (Å²) in [5, 5.41) is 0. The fourth-order valence-corrected chi connectivity index (χ4v) is 10.4. The number of nitrogens with one attached hydrogen (secondary N) is 1. The number of imidazole rings is 1. The highest BCUT2D eigenvalue weighted by Crippen LogP contribution is 2.45. The lowest BCUT2D eigenvalue weighted by Gasteiger charge is -2.45. The van der Waals surface area contributed by atoms with Gasteiger partial charge in [0.2, 0.25) is 10.0 Å². The van der Waals surface area contributed by atoms with Crippen molar-refractivity contribution in [3.05, 3.63) is 95.6 Å². The number of rotatable bonds is 9. The number of likely N-dealkylation sites (tertiary alicyclic amines) is 1. The minimum atomic E-state index is -3.93. The largest absolute Gasteiger partial charge is 0.339 e. The minimum Gasteiger partial charge on any atom is -0.339 e. The molecular weight excluding hydrogens is 626 g/mol. The van der Waals surface area contributed by atoms with Gasteiger partial charge in [0.15, 0.2) is 0 Å². The van der Waals surface area contributed by atoms with Crippen LogP contribution in [-0.4, -0.2) is 71.4 Å². The highest BCUT2D eigenvalue weighted by Gasteiger charge is 2.44. The van der Waals surface area contributed by atoms with Crippen molar-refractivity contribution in [1.82, 2.24) is 24.1 Å². The maximum absolute atomic E-state index is 14.4. The number of nitrogens with zero attached hydrogens (tertiary/aromatic N) is 4. The molecule has 2 atom stereocenters. The van der Waals surface area contributed by atoms with Gasteiger partial charge in [-0.15, -0.1) is 0 Å². The predicted octanol–water partition coefficient (Wildman–Crippen LogP) is 6.36. The first-order chi connectivity index (χ1) is 23.2. The summed E-state index contributed by atoms with van der Waals surface area (Å²) in [6.07, 6.45) is 8.80. The normalized spacial score (nSPS) is 24.3. The van der Waals surface area contributed by atoms with Crippen molar-refractivity contribution in [2.24, 2.45) is 0 Å². The number of aryl methyl sites for hydroxylation is 1. The van der Waals surface area contributed by atoms with E-state index >= 15 is 0 Å². The number of fused-ring (bicyclic) bond motifs is 3. The van der Waals surface area contributed by atoms with E-state index in [9.17, 15) is 17.6 Å². The highest BCUT2D eigenvalue weighted by molar-refractivity contribution is 7.89. The summed E-state index contributed by atoms with van der Waals surface area (Å²) in [4.78, 5) is 23.1. The van der Waals surface area contributed by atoms with E-state index in [4.69, 9.17) is 4.98 Å². The molecule has 48 heavy (non-hydrogen) atoms. The molecule has 0 radical (unpaired) electrons. The molecule has 1 aromatic heterocycles. The molecule has 3 aromatic carbocycles. The van der Waals surface area contributed by atoms with Crippen LogP contribution in [0.25, 0.3) is 11.0 Å². The van der Waals surface area contributed by atoms with Crippen molar-refractivity contribution in [3.8, 4) is 0 Å². The van der Waals surface area contributed by atoms with Gasteiger partial charge in [-0.1, -0.05) is 42.5 Å². The van der Waals surface area contributed by atoms with Crippen LogP contribution in [0.5, 0.6) is 0 Å². The van der Waals surface area contributed by atoms with Crippen LogP contribution in [0.3, 0.4) is 0 Å². The summed E-state index contributed by atoms with van der Waals surface area (Å²) in [5.41, 5.74) is 3.41. The first-order valence-electron chi connectivity index (χ1n) is 17.6. The number of carbonyl (C=O) groups excluding carboxylic acids is 1. The Kier molecular flexibility index (Phi) is 8.16. The summed E-state index contributed by atoms with van der Waals surface area (Å²) in [6, 6.07) is 24.0. The number of sulfonamides is 1. The number of carbonyl (C=O) groups is 1. The fraction of sp³-hybridized carbons (Fsp3) is 0.474. The van der Waals surface area contributed by atoms with Gasteiger partial charge in [-0.2, -0.15) is 0 Å². The second-order valence-electron chi connectivity index (χ2n) is 14.5. The zero-order valence-electron chi connectivity index (χ0n) is 27.5. The summed E-state index contributed by atoms with van der Waals surface area (Å²) >= 11 is 0.